The van der Waals surface area contributed by atoms with E-state index in [-0.39, 0.29) is 17.7 Å². The largest absolute Gasteiger partial charge is 0.342 e. The van der Waals surface area contributed by atoms with Crippen molar-refractivity contribution >= 4 is 17.6 Å². The number of amides is 2. The number of aryl methyl sites for hydroxylation is 1. The summed E-state index contributed by atoms with van der Waals surface area (Å²) in [6.07, 6.45) is 4.08. The number of nitrogens with zero attached hydrogens (tertiary/aromatic N) is 5. The topological polar surface area (TPSA) is 79.3 Å². The van der Waals surface area contributed by atoms with E-state index >= 15 is 0 Å². The number of carbonyl (C=O) groups excluding carboxylic acids is 2. The molecule has 0 radical (unpaired) electrons. The van der Waals surface area contributed by atoms with Gasteiger partial charge in [-0.15, -0.1) is 0 Å². The van der Waals surface area contributed by atoms with Crippen molar-refractivity contribution in [2.45, 2.75) is 52.4 Å². The highest BCUT2D eigenvalue weighted by atomic mass is 16.2. The lowest BCUT2D eigenvalue weighted by Crippen LogP contribution is -2.39. The van der Waals surface area contributed by atoms with E-state index in [1.165, 1.54) is 0 Å². The Balaban J connectivity index is 1.52. The minimum absolute atomic E-state index is 0.0856. The van der Waals surface area contributed by atoms with Crippen molar-refractivity contribution in [2.24, 2.45) is 5.92 Å². The van der Waals surface area contributed by atoms with E-state index in [0.29, 0.717) is 44.8 Å². The van der Waals surface area contributed by atoms with Crippen LogP contribution in [0.1, 0.15) is 55.4 Å². The van der Waals surface area contributed by atoms with E-state index in [1.807, 2.05) is 34.9 Å². The molecule has 0 aliphatic carbocycles. The number of hydrogen-bond acceptors (Lipinski definition) is 5. The molecule has 158 valence electrons. The molecule has 0 bridgehead atoms. The molecule has 30 heavy (non-hydrogen) atoms. The number of anilines is 1. The fourth-order valence-electron chi connectivity index (χ4n) is 4.31. The van der Waals surface area contributed by atoms with E-state index < -0.39 is 0 Å². The van der Waals surface area contributed by atoms with Crippen molar-refractivity contribution in [1.82, 2.24) is 19.9 Å². The normalized spacial score (nSPS) is 18.8. The SMILES string of the molecule is Cc1nc([C@H]2CCN(C(=O)Cc3ccccn3)C2)nc2c1CCC(=O)N2CC(C)C. The van der Waals surface area contributed by atoms with Crippen LogP contribution in [-0.4, -0.2) is 51.3 Å². The molecule has 0 unspecified atom stereocenters. The van der Waals surface area contributed by atoms with E-state index in [0.717, 1.165) is 35.0 Å². The molecule has 7 nitrogen and oxygen atoms in total. The third-order valence-corrected chi connectivity index (χ3v) is 5.87. The van der Waals surface area contributed by atoms with Gasteiger partial charge in [-0.1, -0.05) is 19.9 Å². The maximum Gasteiger partial charge on any atom is 0.228 e. The summed E-state index contributed by atoms with van der Waals surface area (Å²) in [6, 6.07) is 5.63. The maximum atomic E-state index is 12.7. The Morgan fingerprint density at radius 1 is 1.23 bits per heavy atom. The monoisotopic (exact) mass is 407 g/mol. The van der Waals surface area contributed by atoms with Gasteiger partial charge in [-0.05, 0) is 37.8 Å². The Morgan fingerprint density at radius 3 is 2.80 bits per heavy atom. The molecule has 0 saturated carbocycles. The van der Waals surface area contributed by atoms with Gasteiger partial charge in [0.25, 0.3) is 0 Å². The van der Waals surface area contributed by atoms with Crippen LogP contribution < -0.4 is 4.90 Å². The van der Waals surface area contributed by atoms with Crippen molar-refractivity contribution < 1.29 is 9.59 Å². The molecular formula is C23H29N5O2. The van der Waals surface area contributed by atoms with Crippen LogP contribution in [0.5, 0.6) is 0 Å². The van der Waals surface area contributed by atoms with Crippen LogP contribution in [0.2, 0.25) is 0 Å². The Morgan fingerprint density at radius 2 is 2.07 bits per heavy atom. The number of likely N-dealkylation sites (tertiary alicyclic amines) is 1. The summed E-state index contributed by atoms with van der Waals surface area (Å²) in [5, 5.41) is 0. The van der Waals surface area contributed by atoms with Gasteiger partial charge in [0, 0.05) is 55.1 Å². The zero-order chi connectivity index (χ0) is 21.3. The molecule has 7 heteroatoms. The van der Waals surface area contributed by atoms with Crippen molar-refractivity contribution in [3.8, 4) is 0 Å². The van der Waals surface area contributed by atoms with Gasteiger partial charge in [-0.25, -0.2) is 9.97 Å². The molecule has 2 amide bonds. The van der Waals surface area contributed by atoms with Crippen molar-refractivity contribution in [2.75, 3.05) is 24.5 Å². The van der Waals surface area contributed by atoms with Crippen molar-refractivity contribution in [1.29, 1.82) is 0 Å². The number of hydrogen-bond donors (Lipinski definition) is 0. The van der Waals surface area contributed by atoms with Crippen LogP contribution in [0.25, 0.3) is 0 Å². The molecular weight excluding hydrogens is 378 g/mol. The summed E-state index contributed by atoms with van der Waals surface area (Å²) in [5.74, 6) is 2.22. The van der Waals surface area contributed by atoms with E-state index in [4.69, 9.17) is 9.97 Å². The van der Waals surface area contributed by atoms with Gasteiger partial charge >= 0.3 is 0 Å². The fourth-order valence-corrected chi connectivity index (χ4v) is 4.31. The van der Waals surface area contributed by atoms with E-state index in [2.05, 4.69) is 18.8 Å². The second-order valence-corrected chi connectivity index (χ2v) is 8.69. The molecule has 4 rings (SSSR count). The molecule has 4 heterocycles. The summed E-state index contributed by atoms with van der Waals surface area (Å²) < 4.78 is 0. The predicted molar refractivity (Wildman–Crippen MR) is 114 cm³/mol. The fraction of sp³-hybridized carbons (Fsp3) is 0.522. The predicted octanol–water partition coefficient (Wildman–Crippen LogP) is 2.67. The first kappa shape index (κ1) is 20.4. The van der Waals surface area contributed by atoms with Crippen LogP contribution in [0.3, 0.4) is 0 Å². The molecule has 0 N–H and O–H groups in total. The number of pyridine rings is 1. The number of fused-ring (bicyclic) bond motifs is 1. The smallest absolute Gasteiger partial charge is 0.228 e. The van der Waals surface area contributed by atoms with Crippen molar-refractivity contribution in [3.05, 3.63) is 47.2 Å². The summed E-state index contributed by atoms with van der Waals surface area (Å²) in [4.78, 5) is 42.9. The Kier molecular flexibility index (Phi) is 5.79. The third-order valence-electron chi connectivity index (χ3n) is 5.87. The second kappa shape index (κ2) is 8.50. The first-order valence-electron chi connectivity index (χ1n) is 10.8. The van der Waals surface area contributed by atoms with Gasteiger partial charge in [0.15, 0.2) is 0 Å². The quantitative estimate of drug-likeness (QED) is 0.761. The number of carbonyl (C=O) groups is 2. The minimum Gasteiger partial charge on any atom is -0.342 e. The molecule has 1 fully saturated rings. The average Bonchev–Trinajstić information content (AvgIpc) is 3.21. The number of rotatable bonds is 5. The zero-order valence-corrected chi connectivity index (χ0v) is 18.0. The average molecular weight is 408 g/mol. The lowest BCUT2D eigenvalue weighted by molar-refractivity contribution is -0.129. The Labute approximate surface area is 177 Å². The highest BCUT2D eigenvalue weighted by Gasteiger charge is 2.33. The molecule has 2 aliphatic heterocycles. The molecule has 1 atom stereocenters. The first-order valence-corrected chi connectivity index (χ1v) is 10.8. The van der Waals surface area contributed by atoms with Gasteiger partial charge in [0.1, 0.15) is 11.6 Å². The van der Waals surface area contributed by atoms with Gasteiger partial charge in [0.2, 0.25) is 11.8 Å². The first-order chi connectivity index (χ1) is 14.4. The highest BCUT2D eigenvalue weighted by Crippen LogP contribution is 2.32. The van der Waals surface area contributed by atoms with Crippen LogP contribution >= 0.6 is 0 Å². The lowest BCUT2D eigenvalue weighted by atomic mass is 10.0. The van der Waals surface area contributed by atoms with Crippen LogP contribution in [0.4, 0.5) is 5.82 Å². The zero-order valence-electron chi connectivity index (χ0n) is 18.0. The van der Waals surface area contributed by atoms with Crippen LogP contribution in [0.15, 0.2) is 24.4 Å². The van der Waals surface area contributed by atoms with Crippen LogP contribution in [0, 0.1) is 12.8 Å². The molecule has 0 aromatic carbocycles. The molecule has 2 aromatic rings. The molecule has 2 aromatic heterocycles. The molecule has 0 spiro atoms. The Bertz CT molecular complexity index is 944. The minimum atomic E-state index is 0.0856. The number of aromatic nitrogens is 3. The van der Waals surface area contributed by atoms with E-state index in [1.54, 1.807) is 6.20 Å². The highest BCUT2D eigenvalue weighted by molar-refractivity contribution is 5.95. The van der Waals surface area contributed by atoms with Crippen LogP contribution in [-0.2, 0) is 22.4 Å². The van der Waals surface area contributed by atoms with Crippen molar-refractivity contribution in [3.63, 3.8) is 0 Å². The molecule has 2 aliphatic rings. The lowest BCUT2D eigenvalue weighted by Gasteiger charge is -2.31. The standard InChI is InChI=1S/C23H29N5O2/c1-15(2)13-28-20(29)8-7-19-16(3)25-22(26-23(19)28)17-9-11-27(14-17)21(30)12-18-6-4-5-10-24-18/h4-6,10,15,17H,7-9,11-14H2,1-3H3/t17-/m0/s1. The van der Waals surface area contributed by atoms with E-state index in [9.17, 15) is 9.59 Å². The van der Waals surface area contributed by atoms with Gasteiger partial charge in [-0.3, -0.25) is 19.5 Å². The summed E-state index contributed by atoms with van der Waals surface area (Å²) >= 11 is 0. The van der Waals surface area contributed by atoms with Gasteiger partial charge in [0.05, 0.1) is 6.42 Å². The Hall–Kier alpha value is -2.83. The maximum absolute atomic E-state index is 12.7. The third kappa shape index (κ3) is 4.20. The summed E-state index contributed by atoms with van der Waals surface area (Å²) in [7, 11) is 0. The summed E-state index contributed by atoms with van der Waals surface area (Å²) in [6.45, 7) is 8.21. The molecule has 1 saturated heterocycles. The summed E-state index contributed by atoms with van der Waals surface area (Å²) in [5.41, 5.74) is 2.82. The second-order valence-electron chi connectivity index (χ2n) is 8.69. The van der Waals surface area contributed by atoms with Gasteiger partial charge in [-0.2, -0.15) is 0 Å². The van der Waals surface area contributed by atoms with Gasteiger partial charge < -0.3 is 4.90 Å².